The van der Waals surface area contributed by atoms with Crippen LogP contribution in [0.4, 0.5) is 0 Å². The molecular formula is C2H3CoN. The fourth-order valence-electron chi connectivity index (χ4n) is 0. The van der Waals surface area contributed by atoms with Gasteiger partial charge in [0.1, 0.15) is 0 Å². The van der Waals surface area contributed by atoms with Gasteiger partial charge in [-0.3, -0.25) is 5.41 Å². The zero-order chi connectivity index (χ0) is 2.71. The molecule has 0 aliphatic carbocycles. The van der Waals surface area contributed by atoms with Crippen LogP contribution in [0, 0.1) is 5.41 Å². The number of hydrogen-bond donors (Lipinski definition) is 1. The molecule has 0 aromatic heterocycles. The molecule has 4 heavy (non-hydrogen) atoms. The SMILES string of the molecule is C=C=N.[Co]. The van der Waals surface area contributed by atoms with Crippen LogP contribution >= 0.6 is 0 Å². The van der Waals surface area contributed by atoms with Crippen LogP contribution in [0.1, 0.15) is 0 Å². The number of rotatable bonds is 0. The Morgan fingerprint density at radius 2 is 1.75 bits per heavy atom. The Balaban J connectivity index is 0. The second-order valence-electron chi connectivity index (χ2n) is 0.177. The molecule has 0 aromatic carbocycles. The zero-order valence-electron chi connectivity index (χ0n) is 2.04. The second-order valence-corrected chi connectivity index (χ2v) is 0.177. The van der Waals surface area contributed by atoms with E-state index in [-0.39, 0.29) is 16.8 Å². The first-order valence-electron chi connectivity index (χ1n) is 0.604. The van der Waals surface area contributed by atoms with Crippen LogP contribution in [-0.2, 0) is 16.8 Å². The van der Waals surface area contributed by atoms with Gasteiger partial charge in [0.05, 0.1) is 0 Å². The Bertz CT molecular complexity index is 27.0. The average molecular weight is 100.0 g/mol. The number of hydrogen-bond acceptors (Lipinski definition) is 1. The van der Waals surface area contributed by atoms with Crippen molar-refractivity contribution in [3.05, 3.63) is 6.58 Å². The first-order chi connectivity index (χ1) is 1.41. The fourth-order valence-corrected chi connectivity index (χ4v) is 0. The summed E-state index contributed by atoms with van der Waals surface area (Å²) in [7, 11) is 0. The Hall–Kier alpha value is -0.0435. The molecule has 0 saturated carbocycles. The molecule has 1 radical (unpaired) electrons. The molecule has 1 nitrogen and oxygen atoms in total. The third-order valence-electron chi connectivity index (χ3n) is 0. The predicted molar refractivity (Wildman–Crippen MR) is 13.4 cm³/mol. The van der Waals surface area contributed by atoms with Gasteiger partial charge in [-0.15, -0.1) is 0 Å². The van der Waals surface area contributed by atoms with E-state index in [1.54, 1.807) is 5.87 Å². The van der Waals surface area contributed by atoms with Gasteiger partial charge < -0.3 is 0 Å². The summed E-state index contributed by atoms with van der Waals surface area (Å²) in [6.07, 6.45) is 0. The smallest absolute Gasteiger partial charge is 0 e. The van der Waals surface area contributed by atoms with Crippen LogP contribution in [0.25, 0.3) is 0 Å². The minimum atomic E-state index is 0. The van der Waals surface area contributed by atoms with E-state index in [2.05, 4.69) is 6.58 Å². The monoisotopic (exact) mass is 100.0 g/mol. The van der Waals surface area contributed by atoms with Crippen LogP contribution in [-0.4, -0.2) is 5.87 Å². The zero-order valence-corrected chi connectivity index (χ0v) is 3.08. The molecule has 0 rings (SSSR count). The van der Waals surface area contributed by atoms with E-state index in [4.69, 9.17) is 5.41 Å². The maximum atomic E-state index is 5.85. The second kappa shape index (κ2) is 12.4. The van der Waals surface area contributed by atoms with Crippen LogP contribution in [0.15, 0.2) is 6.58 Å². The Morgan fingerprint density at radius 1 is 1.75 bits per heavy atom. The summed E-state index contributed by atoms with van der Waals surface area (Å²) in [5.74, 6) is 1.75. The van der Waals surface area contributed by atoms with Crippen molar-refractivity contribution in [2.45, 2.75) is 0 Å². The van der Waals surface area contributed by atoms with Crippen molar-refractivity contribution in [2.75, 3.05) is 0 Å². The van der Waals surface area contributed by atoms with Gasteiger partial charge in [-0.1, -0.05) is 0 Å². The van der Waals surface area contributed by atoms with E-state index in [1.165, 1.54) is 0 Å². The fraction of sp³-hybridized carbons (Fsp3) is 0. The first-order valence-corrected chi connectivity index (χ1v) is 0.604. The van der Waals surface area contributed by atoms with Crippen molar-refractivity contribution in [1.82, 2.24) is 0 Å². The molecule has 0 saturated heterocycles. The third kappa shape index (κ3) is 946. The quantitative estimate of drug-likeness (QED) is 0.426. The van der Waals surface area contributed by atoms with E-state index in [0.717, 1.165) is 0 Å². The molecule has 25 valence electrons. The van der Waals surface area contributed by atoms with Gasteiger partial charge in [0, 0.05) is 16.8 Å². The molecule has 0 aliphatic rings. The summed E-state index contributed by atoms with van der Waals surface area (Å²) < 4.78 is 0. The molecule has 2 heteroatoms. The van der Waals surface area contributed by atoms with Crippen LogP contribution in [0.3, 0.4) is 0 Å². The van der Waals surface area contributed by atoms with E-state index in [1.807, 2.05) is 0 Å². The maximum Gasteiger partial charge on any atom is 0 e. The van der Waals surface area contributed by atoms with Gasteiger partial charge in [0.2, 0.25) is 0 Å². The topological polar surface area (TPSA) is 23.9 Å². The van der Waals surface area contributed by atoms with Crippen molar-refractivity contribution in [1.29, 1.82) is 5.41 Å². The summed E-state index contributed by atoms with van der Waals surface area (Å²) in [5, 5.41) is 5.85. The average Bonchev–Trinajstić information content (AvgIpc) is 0.918. The summed E-state index contributed by atoms with van der Waals surface area (Å²) in [4.78, 5) is 0. The predicted octanol–water partition coefficient (Wildman–Crippen LogP) is 0.418. The van der Waals surface area contributed by atoms with Crippen molar-refractivity contribution in [2.24, 2.45) is 0 Å². The van der Waals surface area contributed by atoms with E-state index < -0.39 is 0 Å². The van der Waals surface area contributed by atoms with E-state index in [9.17, 15) is 0 Å². The normalized spacial score (nSPS) is 2.00. The van der Waals surface area contributed by atoms with Crippen LogP contribution in [0.5, 0.6) is 0 Å². The van der Waals surface area contributed by atoms with Crippen molar-refractivity contribution in [3.8, 4) is 0 Å². The van der Waals surface area contributed by atoms with E-state index in [0.29, 0.717) is 0 Å². The molecule has 0 aromatic rings. The van der Waals surface area contributed by atoms with Crippen LogP contribution in [0.2, 0.25) is 0 Å². The molecule has 0 amide bonds. The molecule has 0 atom stereocenters. The van der Waals surface area contributed by atoms with Gasteiger partial charge in [-0.2, -0.15) is 0 Å². The molecule has 0 bridgehead atoms. The molecule has 1 N–H and O–H groups in total. The van der Waals surface area contributed by atoms with Crippen molar-refractivity contribution >= 4 is 5.87 Å². The van der Waals surface area contributed by atoms with Crippen molar-refractivity contribution in [3.63, 3.8) is 0 Å². The largest absolute Gasteiger partial charge is 0.259 e. The van der Waals surface area contributed by atoms with Gasteiger partial charge in [0.15, 0.2) is 0 Å². The minimum Gasteiger partial charge on any atom is -0.259 e. The summed E-state index contributed by atoms with van der Waals surface area (Å²) >= 11 is 0. The summed E-state index contributed by atoms with van der Waals surface area (Å²) in [6.45, 7) is 2.90. The van der Waals surface area contributed by atoms with Crippen molar-refractivity contribution < 1.29 is 16.8 Å². The molecule has 0 unspecified atom stereocenters. The van der Waals surface area contributed by atoms with Gasteiger partial charge in [-0.05, 0) is 12.4 Å². The molecule has 0 heterocycles. The molecule has 0 spiro atoms. The minimum absolute atomic E-state index is 0. The van der Waals surface area contributed by atoms with Gasteiger partial charge in [-0.25, -0.2) is 0 Å². The van der Waals surface area contributed by atoms with E-state index >= 15 is 0 Å². The summed E-state index contributed by atoms with van der Waals surface area (Å²) in [5.41, 5.74) is 0. The maximum absolute atomic E-state index is 5.85. The number of nitrogens with one attached hydrogen (secondary N) is 1. The van der Waals surface area contributed by atoms with Crippen LogP contribution < -0.4 is 0 Å². The third-order valence-corrected chi connectivity index (χ3v) is 0. The molecular weight excluding hydrogens is 97.0 g/mol. The first kappa shape index (κ1) is 9.03. The van der Waals surface area contributed by atoms with Gasteiger partial charge >= 0.3 is 0 Å². The summed E-state index contributed by atoms with van der Waals surface area (Å²) in [6, 6.07) is 0. The molecule has 0 fully saturated rings. The molecule has 0 aliphatic heterocycles. The Labute approximate surface area is 35.4 Å². The standard InChI is InChI=1S/C2H3N.Co/c1-2-3;/h3H,1H2;. The Morgan fingerprint density at radius 3 is 1.75 bits per heavy atom. The Kier molecular flexibility index (Phi) is 27.9. The van der Waals surface area contributed by atoms with Gasteiger partial charge in [0.25, 0.3) is 0 Å².